The molecule has 1 N–H and O–H groups in total. The zero-order valence-electron chi connectivity index (χ0n) is 17.0. The minimum absolute atomic E-state index is 0.0246. The minimum Gasteiger partial charge on any atom is -0.507 e. The van der Waals surface area contributed by atoms with Crippen LogP contribution < -0.4 is 4.74 Å². The molecule has 1 unspecified atom stereocenters. The third-order valence-corrected chi connectivity index (χ3v) is 5.26. The number of aromatic nitrogens is 1. The predicted octanol–water partition coefficient (Wildman–Crippen LogP) is 3.99. The Balaban J connectivity index is 1.93. The number of Topliss-reactive ketones (excluding diaryl/α,β-unsaturated/α-hetero) is 1. The van der Waals surface area contributed by atoms with Gasteiger partial charge in [-0.2, -0.15) is 0 Å². The van der Waals surface area contributed by atoms with Gasteiger partial charge in [0.2, 0.25) is 0 Å². The summed E-state index contributed by atoms with van der Waals surface area (Å²) in [5.74, 6) is -3.80. The molecule has 0 spiro atoms. The number of nitrogens with zero attached hydrogens (tertiary/aromatic N) is 2. The van der Waals surface area contributed by atoms with Gasteiger partial charge in [0.25, 0.3) is 11.7 Å². The van der Waals surface area contributed by atoms with Crippen molar-refractivity contribution in [3.63, 3.8) is 0 Å². The molecular formula is C24H18F2N2O4. The predicted molar refractivity (Wildman–Crippen MR) is 111 cm³/mol. The van der Waals surface area contributed by atoms with Crippen molar-refractivity contribution in [2.24, 2.45) is 0 Å². The topological polar surface area (TPSA) is 79.7 Å². The highest BCUT2D eigenvalue weighted by atomic mass is 19.1. The van der Waals surface area contributed by atoms with Crippen molar-refractivity contribution in [1.82, 2.24) is 9.88 Å². The van der Waals surface area contributed by atoms with E-state index in [4.69, 9.17) is 4.74 Å². The number of likely N-dealkylation sites (tertiary alicyclic amines) is 1. The molecule has 0 saturated carbocycles. The first-order chi connectivity index (χ1) is 15.4. The summed E-state index contributed by atoms with van der Waals surface area (Å²) in [6.07, 6.45) is 3.06. The van der Waals surface area contributed by atoms with Gasteiger partial charge >= 0.3 is 0 Å². The van der Waals surface area contributed by atoms with Crippen LogP contribution >= 0.6 is 0 Å². The molecule has 0 bridgehead atoms. The summed E-state index contributed by atoms with van der Waals surface area (Å²) >= 11 is 0. The third kappa shape index (κ3) is 3.71. The number of rotatable bonds is 5. The van der Waals surface area contributed by atoms with Gasteiger partial charge in [-0.05, 0) is 42.0 Å². The molecule has 1 atom stereocenters. The van der Waals surface area contributed by atoms with E-state index in [9.17, 15) is 23.5 Å². The molecule has 4 rings (SSSR count). The van der Waals surface area contributed by atoms with E-state index in [-0.39, 0.29) is 29.0 Å². The summed E-state index contributed by atoms with van der Waals surface area (Å²) in [5, 5.41) is 11.1. The van der Waals surface area contributed by atoms with Crippen molar-refractivity contribution in [2.75, 3.05) is 7.11 Å². The Hall–Kier alpha value is -4.07. The maximum atomic E-state index is 14.8. The van der Waals surface area contributed by atoms with Crippen molar-refractivity contribution in [2.45, 2.75) is 12.6 Å². The van der Waals surface area contributed by atoms with Gasteiger partial charge < -0.3 is 14.7 Å². The molecule has 1 aromatic heterocycles. The molecule has 3 aromatic rings. The van der Waals surface area contributed by atoms with Gasteiger partial charge in [0.1, 0.15) is 23.1 Å². The van der Waals surface area contributed by atoms with Crippen LogP contribution in [0.3, 0.4) is 0 Å². The first-order valence-corrected chi connectivity index (χ1v) is 9.68. The number of pyridine rings is 1. The number of hydrogen-bond donors (Lipinski definition) is 1. The maximum absolute atomic E-state index is 14.8. The Bertz CT molecular complexity index is 1230. The highest BCUT2D eigenvalue weighted by Crippen LogP contribution is 2.42. The van der Waals surface area contributed by atoms with E-state index >= 15 is 0 Å². The average molecular weight is 436 g/mol. The average Bonchev–Trinajstić information content (AvgIpc) is 3.04. The van der Waals surface area contributed by atoms with Crippen molar-refractivity contribution >= 4 is 17.4 Å². The lowest BCUT2D eigenvalue weighted by molar-refractivity contribution is -0.140. The number of ketones is 1. The third-order valence-electron chi connectivity index (χ3n) is 5.26. The van der Waals surface area contributed by atoms with Crippen LogP contribution in [0.25, 0.3) is 5.76 Å². The maximum Gasteiger partial charge on any atom is 0.295 e. The monoisotopic (exact) mass is 436 g/mol. The number of methoxy groups -OCH3 is 1. The Morgan fingerprint density at radius 3 is 2.50 bits per heavy atom. The largest absolute Gasteiger partial charge is 0.507 e. The molecule has 2 heterocycles. The fourth-order valence-corrected chi connectivity index (χ4v) is 3.76. The number of aliphatic hydroxyl groups excluding tert-OH is 1. The molecule has 2 aromatic carbocycles. The number of carbonyl (C=O) groups excluding carboxylic acids is 2. The van der Waals surface area contributed by atoms with E-state index in [1.165, 1.54) is 48.7 Å². The van der Waals surface area contributed by atoms with Crippen LogP contribution in [0.1, 0.15) is 22.7 Å². The zero-order valence-corrected chi connectivity index (χ0v) is 17.0. The molecular weight excluding hydrogens is 418 g/mol. The molecule has 1 aliphatic rings. The molecule has 32 heavy (non-hydrogen) atoms. The van der Waals surface area contributed by atoms with Crippen molar-refractivity contribution in [1.29, 1.82) is 0 Å². The van der Waals surface area contributed by atoms with E-state index in [1.807, 2.05) is 0 Å². The van der Waals surface area contributed by atoms with Gasteiger partial charge in [-0.3, -0.25) is 14.6 Å². The van der Waals surface area contributed by atoms with Gasteiger partial charge in [0.05, 0.1) is 24.3 Å². The second-order valence-electron chi connectivity index (χ2n) is 7.15. The lowest BCUT2D eigenvalue weighted by atomic mass is 9.94. The smallest absolute Gasteiger partial charge is 0.295 e. The number of amides is 1. The van der Waals surface area contributed by atoms with E-state index in [0.29, 0.717) is 5.56 Å². The Morgan fingerprint density at radius 1 is 1.09 bits per heavy atom. The summed E-state index contributed by atoms with van der Waals surface area (Å²) in [6, 6.07) is 11.2. The standard InChI is InChI=1S/C24H18F2N2O4/c1-32-19-7-6-15(25)12-17(19)22(29)20-21(16-4-2-3-5-18(16)26)28(24(31)23(20)30)13-14-8-10-27-11-9-14/h2-12,21,29H,13H2,1H3/b22-20+. The van der Waals surface area contributed by atoms with Crippen LogP contribution in [0, 0.1) is 11.6 Å². The van der Waals surface area contributed by atoms with E-state index in [0.717, 1.165) is 12.1 Å². The Kier molecular flexibility index (Phi) is 5.68. The van der Waals surface area contributed by atoms with Gasteiger partial charge in [0, 0.05) is 24.5 Å². The highest BCUT2D eigenvalue weighted by molar-refractivity contribution is 6.46. The first-order valence-electron chi connectivity index (χ1n) is 9.68. The summed E-state index contributed by atoms with van der Waals surface area (Å²) in [6.45, 7) is -0.0246. The zero-order chi connectivity index (χ0) is 22.8. The van der Waals surface area contributed by atoms with E-state index in [2.05, 4.69) is 4.98 Å². The van der Waals surface area contributed by atoms with Crippen LogP contribution in [0.2, 0.25) is 0 Å². The van der Waals surface area contributed by atoms with Crippen molar-refractivity contribution < 1.29 is 28.2 Å². The van der Waals surface area contributed by atoms with Crippen LogP contribution in [-0.4, -0.2) is 33.8 Å². The SMILES string of the molecule is COc1ccc(F)cc1/C(O)=C1\C(=O)C(=O)N(Cc2ccncc2)C1c1ccccc1F. The van der Waals surface area contributed by atoms with Crippen LogP contribution in [0.5, 0.6) is 5.75 Å². The first kappa shape index (κ1) is 21.2. The van der Waals surface area contributed by atoms with Crippen LogP contribution in [0.4, 0.5) is 8.78 Å². The lowest BCUT2D eigenvalue weighted by Crippen LogP contribution is -2.29. The molecule has 8 heteroatoms. The normalized spacial score (nSPS) is 17.6. The quantitative estimate of drug-likeness (QED) is 0.372. The number of benzene rings is 2. The minimum atomic E-state index is -1.22. The molecule has 0 aliphatic carbocycles. The molecule has 1 amide bonds. The van der Waals surface area contributed by atoms with Crippen molar-refractivity contribution in [3.05, 3.63) is 101 Å². The van der Waals surface area contributed by atoms with Gasteiger partial charge in [0.15, 0.2) is 0 Å². The molecule has 162 valence electrons. The summed E-state index contributed by atoms with van der Waals surface area (Å²) in [5.41, 5.74) is 0.220. The number of hydrogen-bond acceptors (Lipinski definition) is 5. The van der Waals surface area contributed by atoms with Crippen LogP contribution in [-0.2, 0) is 16.1 Å². The molecule has 1 saturated heterocycles. The summed E-state index contributed by atoms with van der Waals surface area (Å²) in [7, 11) is 1.32. The second kappa shape index (κ2) is 8.58. The van der Waals surface area contributed by atoms with Crippen molar-refractivity contribution in [3.8, 4) is 5.75 Å². The molecule has 1 fully saturated rings. The highest BCUT2D eigenvalue weighted by Gasteiger charge is 2.47. The Morgan fingerprint density at radius 2 is 1.81 bits per heavy atom. The molecule has 0 radical (unpaired) electrons. The van der Waals surface area contributed by atoms with E-state index in [1.54, 1.807) is 18.2 Å². The second-order valence-corrected chi connectivity index (χ2v) is 7.15. The number of aliphatic hydroxyl groups is 1. The van der Waals surface area contributed by atoms with E-state index < -0.39 is 35.1 Å². The van der Waals surface area contributed by atoms with Crippen LogP contribution in [0.15, 0.2) is 72.6 Å². The number of halogens is 2. The number of ether oxygens (including phenoxy) is 1. The summed E-state index contributed by atoms with van der Waals surface area (Å²) in [4.78, 5) is 31.1. The fourth-order valence-electron chi connectivity index (χ4n) is 3.76. The lowest BCUT2D eigenvalue weighted by Gasteiger charge is -2.25. The summed E-state index contributed by atoms with van der Waals surface area (Å²) < 4.78 is 33.9. The number of carbonyl (C=O) groups is 2. The van der Waals surface area contributed by atoms with Gasteiger partial charge in [-0.1, -0.05) is 18.2 Å². The molecule has 1 aliphatic heterocycles. The van der Waals surface area contributed by atoms with Gasteiger partial charge in [-0.25, -0.2) is 8.78 Å². The molecule has 6 nitrogen and oxygen atoms in total. The van der Waals surface area contributed by atoms with Gasteiger partial charge in [-0.15, -0.1) is 0 Å². The Labute approximate surface area is 182 Å². The fraction of sp³-hybridized carbons (Fsp3) is 0.125.